The number of amides is 1. The van der Waals surface area contributed by atoms with E-state index in [4.69, 9.17) is 4.74 Å². The summed E-state index contributed by atoms with van der Waals surface area (Å²) in [6.45, 7) is 4.30. The predicted molar refractivity (Wildman–Crippen MR) is 92.8 cm³/mol. The summed E-state index contributed by atoms with van der Waals surface area (Å²) in [4.78, 5) is 24.5. The van der Waals surface area contributed by atoms with Crippen LogP contribution in [0, 0.1) is 17.2 Å². The Morgan fingerprint density at radius 1 is 1.48 bits per heavy atom. The molecule has 1 amide bonds. The molecular formula is C16H20N2O3S2. The Hall–Kier alpha value is -1.52. The topological polar surface area (TPSA) is 79.2 Å². The monoisotopic (exact) mass is 352 g/mol. The second-order valence-corrected chi connectivity index (χ2v) is 7.60. The minimum atomic E-state index is -0.316. The van der Waals surface area contributed by atoms with E-state index in [0.29, 0.717) is 23.1 Å². The number of thioether (sulfide) groups is 1. The van der Waals surface area contributed by atoms with Crippen LogP contribution >= 0.6 is 23.1 Å². The highest BCUT2D eigenvalue weighted by atomic mass is 32.2. The highest BCUT2D eigenvalue weighted by Crippen LogP contribution is 2.39. The molecule has 0 aromatic carbocycles. The second-order valence-electron chi connectivity index (χ2n) is 5.51. The molecule has 1 N–H and O–H groups in total. The van der Waals surface area contributed by atoms with E-state index in [1.165, 1.54) is 28.0 Å². The summed E-state index contributed by atoms with van der Waals surface area (Å²) < 4.78 is 4.81. The van der Waals surface area contributed by atoms with E-state index in [9.17, 15) is 14.9 Å². The van der Waals surface area contributed by atoms with E-state index in [2.05, 4.69) is 18.3 Å². The van der Waals surface area contributed by atoms with Crippen LogP contribution in [0.3, 0.4) is 0 Å². The number of anilines is 1. The van der Waals surface area contributed by atoms with Gasteiger partial charge in [0.2, 0.25) is 5.91 Å². The summed E-state index contributed by atoms with van der Waals surface area (Å²) >= 11 is 2.72. The van der Waals surface area contributed by atoms with Crippen molar-refractivity contribution in [1.29, 1.82) is 5.26 Å². The normalized spacial score (nSPS) is 16.3. The molecular weight excluding hydrogens is 332 g/mol. The minimum absolute atomic E-state index is 0.158. The number of carbonyl (C=O) groups excluding carboxylic acids is 2. The lowest BCUT2D eigenvalue weighted by atomic mass is 9.89. The Morgan fingerprint density at radius 2 is 2.26 bits per heavy atom. The molecule has 1 atom stereocenters. The zero-order valence-electron chi connectivity index (χ0n) is 13.3. The smallest absolute Gasteiger partial charge is 0.315 e. The Balaban J connectivity index is 1.94. The molecule has 124 valence electrons. The van der Waals surface area contributed by atoms with Gasteiger partial charge in [0, 0.05) is 4.88 Å². The van der Waals surface area contributed by atoms with Gasteiger partial charge in [-0.25, -0.2) is 0 Å². The Labute approximate surface area is 144 Å². The van der Waals surface area contributed by atoms with Crippen LogP contribution in [-0.4, -0.2) is 30.0 Å². The molecule has 0 fully saturated rings. The number of ether oxygens (including phenoxy) is 1. The van der Waals surface area contributed by atoms with E-state index in [1.807, 2.05) is 0 Å². The molecule has 1 heterocycles. The van der Waals surface area contributed by atoms with Crippen LogP contribution in [-0.2, 0) is 27.2 Å². The quantitative estimate of drug-likeness (QED) is 0.796. The number of hydrogen-bond donors (Lipinski definition) is 1. The lowest BCUT2D eigenvalue weighted by Gasteiger charge is -2.17. The first-order chi connectivity index (χ1) is 11.0. The van der Waals surface area contributed by atoms with E-state index < -0.39 is 0 Å². The van der Waals surface area contributed by atoms with Crippen molar-refractivity contribution in [2.24, 2.45) is 5.92 Å². The summed E-state index contributed by atoms with van der Waals surface area (Å²) in [5, 5.41) is 12.9. The van der Waals surface area contributed by atoms with Gasteiger partial charge in [0.15, 0.2) is 0 Å². The number of esters is 1. The van der Waals surface area contributed by atoms with Crippen molar-refractivity contribution in [3.63, 3.8) is 0 Å². The molecule has 5 nitrogen and oxygen atoms in total. The van der Waals surface area contributed by atoms with Crippen molar-refractivity contribution in [3.05, 3.63) is 16.0 Å². The Bertz CT molecular complexity index is 634. The lowest BCUT2D eigenvalue weighted by molar-refractivity contribution is -0.139. The fourth-order valence-corrected chi connectivity index (χ4v) is 4.54. The number of nitrogens with zero attached hydrogens (tertiary/aromatic N) is 1. The first-order valence-electron chi connectivity index (χ1n) is 7.63. The fourth-order valence-electron chi connectivity index (χ4n) is 2.55. The number of fused-ring (bicyclic) bond motifs is 1. The molecule has 7 heteroatoms. The minimum Gasteiger partial charge on any atom is -0.465 e. The Kier molecular flexibility index (Phi) is 6.48. The van der Waals surface area contributed by atoms with Crippen LogP contribution in [0.5, 0.6) is 0 Å². The summed E-state index contributed by atoms with van der Waals surface area (Å²) in [5.41, 5.74) is 1.71. The zero-order chi connectivity index (χ0) is 16.8. The fraction of sp³-hybridized carbons (Fsp3) is 0.562. The number of thiophene rings is 1. The first kappa shape index (κ1) is 17.8. The van der Waals surface area contributed by atoms with Crippen LogP contribution < -0.4 is 5.32 Å². The molecule has 0 aliphatic heterocycles. The molecule has 0 saturated carbocycles. The maximum atomic E-state index is 12.0. The van der Waals surface area contributed by atoms with Crippen LogP contribution in [0.1, 0.15) is 36.3 Å². The number of hydrogen-bond acceptors (Lipinski definition) is 6. The molecule has 0 unspecified atom stereocenters. The van der Waals surface area contributed by atoms with Crippen LogP contribution in [0.25, 0.3) is 0 Å². The second kappa shape index (κ2) is 8.37. The van der Waals surface area contributed by atoms with Crippen LogP contribution in [0.2, 0.25) is 0 Å². The molecule has 0 radical (unpaired) electrons. The molecule has 1 aliphatic carbocycles. The maximum absolute atomic E-state index is 12.0. The number of nitrogens with one attached hydrogen (secondary N) is 1. The molecule has 2 rings (SSSR count). The molecule has 1 aromatic heterocycles. The van der Waals surface area contributed by atoms with Crippen LogP contribution in [0.4, 0.5) is 5.00 Å². The van der Waals surface area contributed by atoms with E-state index in [-0.39, 0.29) is 23.4 Å². The van der Waals surface area contributed by atoms with Gasteiger partial charge in [-0.1, -0.05) is 6.92 Å². The van der Waals surface area contributed by atoms with Crippen molar-refractivity contribution in [2.45, 2.75) is 33.1 Å². The number of nitriles is 1. The summed E-state index contributed by atoms with van der Waals surface area (Å²) in [5.74, 6) is 0.440. The molecule has 0 saturated heterocycles. The van der Waals surface area contributed by atoms with Gasteiger partial charge in [0.1, 0.15) is 11.1 Å². The maximum Gasteiger partial charge on any atom is 0.315 e. The number of carbonyl (C=O) groups is 2. The third-order valence-electron chi connectivity index (χ3n) is 3.63. The highest BCUT2D eigenvalue weighted by Gasteiger charge is 2.24. The van der Waals surface area contributed by atoms with Crippen molar-refractivity contribution in [1.82, 2.24) is 0 Å². The van der Waals surface area contributed by atoms with Crippen molar-refractivity contribution < 1.29 is 14.3 Å². The third kappa shape index (κ3) is 4.72. The highest BCUT2D eigenvalue weighted by molar-refractivity contribution is 8.00. The van der Waals surface area contributed by atoms with Crippen LogP contribution in [0.15, 0.2) is 0 Å². The van der Waals surface area contributed by atoms with Crippen molar-refractivity contribution >= 4 is 40.0 Å². The first-order valence-corrected chi connectivity index (χ1v) is 9.60. The van der Waals surface area contributed by atoms with Gasteiger partial charge < -0.3 is 10.1 Å². The average molecular weight is 352 g/mol. The van der Waals surface area contributed by atoms with Crippen molar-refractivity contribution in [3.8, 4) is 6.07 Å². The summed E-state index contributed by atoms with van der Waals surface area (Å²) in [6, 6.07) is 2.23. The lowest BCUT2D eigenvalue weighted by Crippen LogP contribution is -2.16. The van der Waals surface area contributed by atoms with Gasteiger partial charge in [-0.05, 0) is 37.7 Å². The van der Waals surface area contributed by atoms with E-state index in [1.54, 1.807) is 6.92 Å². The third-order valence-corrected chi connectivity index (χ3v) is 5.71. The van der Waals surface area contributed by atoms with Gasteiger partial charge in [0.25, 0.3) is 0 Å². The van der Waals surface area contributed by atoms with Crippen molar-refractivity contribution in [2.75, 3.05) is 23.4 Å². The van der Waals surface area contributed by atoms with Gasteiger partial charge >= 0.3 is 5.97 Å². The average Bonchev–Trinajstić information content (AvgIpc) is 2.83. The van der Waals surface area contributed by atoms with Gasteiger partial charge in [-0.15, -0.1) is 23.1 Å². The van der Waals surface area contributed by atoms with E-state index >= 15 is 0 Å². The summed E-state index contributed by atoms with van der Waals surface area (Å²) in [6.07, 6.45) is 2.97. The molecule has 1 aliphatic rings. The summed E-state index contributed by atoms with van der Waals surface area (Å²) in [7, 11) is 0. The SMILES string of the molecule is CCOC(=O)CSCC(=O)Nc1sc2c(c1C#N)CC[C@@H](C)C2. The van der Waals surface area contributed by atoms with Gasteiger partial charge in [-0.2, -0.15) is 5.26 Å². The van der Waals surface area contributed by atoms with E-state index in [0.717, 1.165) is 24.8 Å². The largest absolute Gasteiger partial charge is 0.465 e. The Morgan fingerprint density at radius 3 is 2.96 bits per heavy atom. The standard InChI is InChI=1S/C16H20N2O3S2/c1-3-21-15(20)9-22-8-14(19)18-16-12(7-17)11-5-4-10(2)6-13(11)23-16/h10H,3-6,8-9H2,1-2H3,(H,18,19)/t10-/m1/s1. The molecule has 1 aromatic rings. The molecule has 0 spiro atoms. The zero-order valence-corrected chi connectivity index (χ0v) is 14.9. The van der Waals surface area contributed by atoms with Gasteiger partial charge in [-0.3, -0.25) is 9.59 Å². The predicted octanol–water partition coefficient (Wildman–Crippen LogP) is 2.98. The molecule has 0 bridgehead atoms. The number of rotatable bonds is 6. The van der Waals surface area contributed by atoms with Gasteiger partial charge in [0.05, 0.1) is 23.7 Å². The molecule has 23 heavy (non-hydrogen) atoms.